The zero-order chi connectivity index (χ0) is 12.0. The van der Waals surface area contributed by atoms with Crippen LogP contribution in [0.25, 0.3) is 0 Å². The van der Waals surface area contributed by atoms with Crippen molar-refractivity contribution in [2.24, 2.45) is 0 Å². The summed E-state index contributed by atoms with van der Waals surface area (Å²) < 4.78 is 18.8. The zero-order valence-electron chi connectivity index (χ0n) is 9.71. The third-order valence-corrected chi connectivity index (χ3v) is 2.37. The summed E-state index contributed by atoms with van der Waals surface area (Å²) in [6, 6.07) is 4.68. The van der Waals surface area contributed by atoms with E-state index in [1.807, 2.05) is 6.07 Å². The van der Waals surface area contributed by atoms with E-state index in [9.17, 15) is 4.39 Å². The second-order valence-corrected chi connectivity index (χ2v) is 3.76. The van der Waals surface area contributed by atoms with Gasteiger partial charge in [-0.25, -0.2) is 4.39 Å². The van der Waals surface area contributed by atoms with Gasteiger partial charge in [0.05, 0.1) is 6.61 Å². The van der Waals surface area contributed by atoms with Gasteiger partial charge in [-0.1, -0.05) is 19.4 Å². The fourth-order valence-corrected chi connectivity index (χ4v) is 1.35. The molecule has 87 valence electrons. The molecule has 0 N–H and O–H groups in total. The molecule has 0 spiro atoms. The highest BCUT2D eigenvalue weighted by atomic mass is 19.1. The summed E-state index contributed by atoms with van der Waals surface area (Å²) in [5.41, 5.74) is 0.793. The van der Waals surface area contributed by atoms with E-state index >= 15 is 0 Å². The Morgan fingerprint density at radius 1 is 1.44 bits per heavy atom. The molecule has 1 aromatic carbocycles. The average molecular weight is 221 g/mol. The minimum atomic E-state index is -0.292. The topological polar surface area (TPSA) is 9.23 Å². The van der Waals surface area contributed by atoms with Gasteiger partial charge in [-0.05, 0) is 31.0 Å². The van der Waals surface area contributed by atoms with Crippen molar-refractivity contribution in [3.05, 3.63) is 49.2 Å². The quantitative estimate of drug-likeness (QED) is 0.519. The van der Waals surface area contributed by atoms with Crippen LogP contribution in [0.4, 0.5) is 4.39 Å². The lowest BCUT2D eigenvalue weighted by Gasteiger charge is -2.10. The number of unbranched alkanes of at least 4 members (excludes halogenated alkanes) is 1. The number of allylic oxidation sites excluding steroid dienone is 1. The van der Waals surface area contributed by atoms with Crippen LogP contribution in [0.5, 0.6) is 5.75 Å². The lowest BCUT2D eigenvalue weighted by atomic mass is 10.0. The number of rotatable bonds is 6. The van der Waals surface area contributed by atoms with Crippen molar-refractivity contribution in [3.63, 3.8) is 0 Å². The first kappa shape index (κ1) is 12.8. The molecule has 0 aliphatic heterocycles. The molecule has 1 unspecified atom stereocenters. The van der Waals surface area contributed by atoms with Gasteiger partial charge in [0.2, 0.25) is 0 Å². The monoisotopic (exact) mass is 221 g/mol. The van der Waals surface area contributed by atoms with Gasteiger partial charge in [0.1, 0.15) is 11.6 Å². The van der Waals surface area contributed by atoms with Crippen LogP contribution in [0, 0.1) is 12.7 Å². The molecule has 0 amide bonds. The van der Waals surface area contributed by atoms with Crippen LogP contribution in [0.2, 0.25) is 0 Å². The third-order valence-electron chi connectivity index (χ3n) is 2.37. The largest absolute Gasteiger partial charge is 0.493 e. The molecular weight excluding hydrogens is 203 g/mol. The molecule has 0 bridgehead atoms. The Morgan fingerprint density at radius 2 is 2.19 bits per heavy atom. The molecular formula is C14H18FO. The Bertz CT molecular complexity index is 347. The number of hydrogen-bond donors (Lipinski definition) is 0. The van der Waals surface area contributed by atoms with E-state index in [-0.39, 0.29) is 11.7 Å². The molecule has 1 aromatic rings. The van der Waals surface area contributed by atoms with E-state index in [1.54, 1.807) is 6.08 Å². The van der Waals surface area contributed by atoms with Crippen molar-refractivity contribution in [1.82, 2.24) is 0 Å². The SMILES string of the molecule is [CH2]C(C=C)c1cc(F)cc(OCCCC)c1. The van der Waals surface area contributed by atoms with Gasteiger partial charge in [0.15, 0.2) is 0 Å². The van der Waals surface area contributed by atoms with E-state index in [1.165, 1.54) is 12.1 Å². The maximum absolute atomic E-state index is 13.3. The molecule has 0 aliphatic carbocycles. The molecule has 0 saturated carbocycles. The summed E-state index contributed by atoms with van der Waals surface area (Å²) >= 11 is 0. The fraction of sp³-hybridized carbons (Fsp3) is 0.357. The van der Waals surface area contributed by atoms with E-state index in [0.717, 1.165) is 18.4 Å². The first-order valence-corrected chi connectivity index (χ1v) is 5.56. The highest BCUT2D eigenvalue weighted by Gasteiger charge is 2.06. The summed E-state index contributed by atoms with van der Waals surface area (Å²) in [5, 5.41) is 0. The van der Waals surface area contributed by atoms with Gasteiger partial charge in [-0.2, -0.15) is 0 Å². The van der Waals surface area contributed by atoms with Crippen molar-refractivity contribution in [2.45, 2.75) is 25.7 Å². The van der Waals surface area contributed by atoms with Crippen molar-refractivity contribution in [3.8, 4) is 5.75 Å². The fourth-order valence-electron chi connectivity index (χ4n) is 1.35. The minimum Gasteiger partial charge on any atom is -0.493 e. The standard InChI is InChI=1S/C14H18FO/c1-4-6-7-16-14-9-12(11(3)5-2)8-13(15)10-14/h5,8-11H,2-4,6-7H2,1H3. The van der Waals surface area contributed by atoms with Crippen LogP contribution in [-0.2, 0) is 0 Å². The molecule has 0 fully saturated rings. The summed E-state index contributed by atoms with van der Waals surface area (Å²) in [5.74, 6) is 0.169. The van der Waals surface area contributed by atoms with E-state index in [4.69, 9.17) is 4.74 Å². The summed E-state index contributed by atoms with van der Waals surface area (Å²) in [7, 11) is 0. The maximum atomic E-state index is 13.3. The summed E-state index contributed by atoms with van der Waals surface area (Å²) in [6.07, 6.45) is 3.72. The Balaban J connectivity index is 2.77. The number of hydrogen-bond acceptors (Lipinski definition) is 1. The summed E-state index contributed by atoms with van der Waals surface area (Å²) in [6.45, 7) is 10.2. The molecule has 0 aliphatic rings. The molecule has 16 heavy (non-hydrogen) atoms. The third kappa shape index (κ3) is 3.69. The van der Waals surface area contributed by atoms with Crippen molar-refractivity contribution >= 4 is 0 Å². The van der Waals surface area contributed by atoms with Gasteiger partial charge < -0.3 is 4.74 Å². The smallest absolute Gasteiger partial charge is 0.127 e. The van der Waals surface area contributed by atoms with Gasteiger partial charge >= 0.3 is 0 Å². The maximum Gasteiger partial charge on any atom is 0.127 e. The number of benzene rings is 1. The normalized spacial score (nSPS) is 12.2. The van der Waals surface area contributed by atoms with Crippen LogP contribution in [0.15, 0.2) is 30.9 Å². The second-order valence-electron chi connectivity index (χ2n) is 3.76. The van der Waals surface area contributed by atoms with Crippen LogP contribution in [0.3, 0.4) is 0 Å². The Labute approximate surface area is 96.9 Å². The average Bonchev–Trinajstić information content (AvgIpc) is 2.27. The van der Waals surface area contributed by atoms with Gasteiger partial charge in [0, 0.05) is 12.0 Å². The predicted octanol–water partition coefficient (Wildman–Crippen LogP) is 4.11. The lowest BCUT2D eigenvalue weighted by molar-refractivity contribution is 0.307. The highest BCUT2D eigenvalue weighted by Crippen LogP contribution is 2.23. The van der Waals surface area contributed by atoms with Crippen LogP contribution in [-0.4, -0.2) is 6.61 Å². The zero-order valence-corrected chi connectivity index (χ0v) is 9.71. The highest BCUT2D eigenvalue weighted by molar-refractivity contribution is 5.34. The summed E-state index contributed by atoms with van der Waals surface area (Å²) in [4.78, 5) is 0. The van der Waals surface area contributed by atoms with Gasteiger partial charge in [0.25, 0.3) is 0 Å². The molecule has 2 heteroatoms. The van der Waals surface area contributed by atoms with E-state index in [0.29, 0.717) is 12.4 Å². The van der Waals surface area contributed by atoms with Gasteiger partial charge in [-0.15, -0.1) is 6.58 Å². The molecule has 0 heterocycles. The van der Waals surface area contributed by atoms with E-state index < -0.39 is 0 Å². The molecule has 1 nitrogen and oxygen atoms in total. The second kappa shape index (κ2) is 6.31. The van der Waals surface area contributed by atoms with Gasteiger partial charge in [-0.3, -0.25) is 0 Å². The first-order chi connectivity index (χ1) is 7.67. The molecule has 0 saturated heterocycles. The van der Waals surface area contributed by atoms with Crippen LogP contribution >= 0.6 is 0 Å². The number of ether oxygens (including phenoxy) is 1. The van der Waals surface area contributed by atoms with Crippen molar-refractivity contribution < 1.29 is 9.13 Å². The molecule has 1 rings (SSSR count). The van der Waals surface area contributed by atoms with Crippen LogP contribution < -0.4 is 4.74 Å². The first-order valence-electron chi connectivity index (χ1n) is 5.56. The van der Waals surface area contributed by atoms with Crippen molar-refractivity contribution in [2.75, 3.05) is 6.61 Å². The molecule has 1 radical (unpaired) electrons. The van der Waals surface area contributed by atoms with Crippen LogP contribution in [0.1, 0.15) is 31.2 Å². The predicted molar refractivity (Wildman–Crippen MR) is 65.1 cm³/mol. The Hall–Kier alpha value is -1.31. The lowest BCUT2D eigenvalue weighted by Crippen LogP contribution is -1.99. The molecule has 1 atom stereocenters. The van der Waals surface area contributed by atoms with E-state index in [2.05, 4.69) is 20.4 Å². The Morgan fingerprint density at radius 3 is 2.81 bits per heavy atom. The van der Waals surface area contributed by atoms with Crippen molar-refractivity contribution in [1.29, 1.82) is 0 Å². The molecule has 0 aromatic heterocycles. The Kier molecular flexibility index (Phi) is 5.03. The minimum absolute atomic E-state index is 0.107. The number of halogens is 1.